The molecule has 28 heavy (non-hydrogen) atoms. The molecule has 0 saturated carbocycles. The van der Waals surface area contributed by atoms with Crippen LogP contribution in [-0.2, 0) is 15.6 Å². The molecular formula is C23H29NO3Si. The van der Waals surface area contributed by atoms with E-state index in [1.165, 1.54) is 0 Å². The molecule has 1 aliphatic heterocycles. The summed E-state index contributed by atoms with van der Waals surface area (Å²) in [4.78, 5) is 27.6. The minimum absolute atomic E-state index is 0.0904. The molecule has 1 atom stereocenters. The molecule has 5 heteroatoms. The van der Waals surface area contributed by atoms with Gasteiger partial charge in [0.05, 0.1) is 12.6 Å². The van der Waals surface area contributed by atoms with E-state index >= 15 is 0 Å². The topological polar surface area (TPSA) is 46.6 Å². The minimum atomic E-state index is -1.95. The number of ketones is 1. The Balaban J connectivity index is 1.86. The van der Waals surface area contributed by atoms with Gasteiger partial charge in [0.25, 0.3) is 11.7 Å². The number of benzene rings is 2. The monoisotopic (exact) mass is 395 g/mol. The maximum Gasteiger partial charge on any atom is 0.299 e. The lowest BCUT2D eigenvalue weighted by Crippen LogP contribution is -2.48. The molecule has 3 rings (SSSR count). The van der Waals surface area contributed by atoms with E-state index in [1.807, 2.05) is 30.3 Å². The molecule has 148 valence electrons. The number of fused-ring (bicyclic) bond motifs is 1. The van der Waals surface area contributed by atoms with Gasteiger partial charge in [-0.1, -0.05) is 69.3 Å². The lowest BCUT2D eigenvalue weighted by molar-refractivity contribution is -0.115. The zero-order valence-corrected chi connectivity index (χ0v) is 18.4. The Labute approximate surface area is 168 Å². The van der Waals surface area contributed by atoms with Crippen molar-refractivity contribution in [1.29, 1.82) is 0 Å². The van der Waals surface area contributed by atoms with Gasteiger partial charge in [0.15, 0.2) is 8.32 Å². The summed E-state index contributed by atoms with van der Waals surface area (Å²) < 4.78 is 6.41. The van der Waals surface area contributed by atoms with Crippen LogP contribution in [0.5, 0.6) is 0 Å². The van der Waals surface area contributed by atoms with Crippen molar-refractivity contribution in [2.75, 3.05) is 11.5 Å². The number of nitrogens with zero attached hydrogens (tertiary/aromatic N) is 1. The first-order valence-corrected chi connectivity index (χ1v) is 12.7. The summed E-state index contributed by atoms with van der Waals surface area (Å²) in [5.41, 5.74) is 2.32. The predicted molar refractivity (Wildman–Crippen MR) is 115 cm³/mol. The fourth-order valence-corrected chi connectivity index (χ4v) is 4.25. The number of carbonyl (C=O) groups is 2. The summed E-state index contributed by atoms with van der Waals surface area (Å²) in [6.45, 7) is 11.4. The fourth-order valence-electron chi connectivity index (χ4n) is 3.21. The molecule has 0 aliphatic carbocycles. The van der Waals surface area contributed by atoms with Crippen LogP contribution in [0, 0.1) is 0 Å². The third-order valence-electron chi connectivity index (χ3n) is 5.96. The number of anilines is 1. The average Bonchev–Trinajstić information content (AvgIpc) is 3.03. The molecular weight excluding hydrogens is 366 g/mol. The van der Waals surface area contributed by atoms with Crippen molar-refractivity contribution < 1.29 is 14.0 Å². The van der Waals surface area contributed by atoms with E-state index in [2.05, 4.69) is 33.9 Å². The molecule has 1 aliphatic rings. The van der Waals surface area contributed by atoms with Gasteiger partial charge >= 0.3 is 0 Å². The summed E-state index contributed by atoms with van der Waals surface area (Å²) in [5, 5.41) is 0.0904. The molecule has 0 N–H and O–H groups in total. The highest BCUT2D eigenvalue weighted by atomic mass is 28.4. The number of hydrogen-bond acceptors (Lipinski definition) is 3. The smallest absolute Gasteiger partial charge is 0.299 e. The highest BCUT2D eigenvalue weighted by molar-refractivity contribution is 6.74. The second kappa shape index (κ2) is 7.64. The summed E-state index contributed by atoms with van der Waals surface area (Å²) in [6, 6.07) is 16.4. The van der Waals surface area contributed by atoms with Crippen molar-refractivity contribution in [1.82, 2.24) is 0 Å². The largest absolute Gasteiger partial charge is 0.415 e. The third-order valence-corrected chi connectivity index (χ3v) is 10.5. The van der Waals surface area contributed by atoms with Gasteiger partial charge in [0, 0.05) is 11.3 Å². The molecule has 0 fully saturated rings. The Bertz CT molecular complexity index is 871. The Morgan fingerprint density at radius 2 is 1.64 bits per heavy atom. The van der Waals surface area contributed by atoms with Crippen LogP contribution in [0.25, 0.3) is 0 Å². The molecule has 1 heterocycles. The first-order valence-electron chi connectivity index (χ1n) is 9.76. The van der Waals surface area contributed by atoms with Gasteiger partial charge in [0.1, 0.15) is 0 Å². The van der Waals surface area contributed by atoms with E-state index in [0.717, 1.165) is 11.3 Å². The second-order valence-electron chi connectivity index (χ2n) is 8.93. The van der Waals surface area contributed by atoms with Crippen molar-refractivity contribution in [3.8, 4) is 0 Å². The molecule has 0 spiro atoms. The zero-order valence-electron chi connectivity index (χ0n) is 17.4. The van der Waals surface area contributed by atoms with Crippen LogP contribution in [0.3, 0.4) is 0 Å². The molecule has 4 nitrogen and oxygen atoms in total. The van der Waals surface area contributed by atoms with Gasteiger partial charge in [0.2, 0.25) is 0 Å². The molecule has 0 radical (unpaired) electrons. The van der Waals surface area contributed by atoms with E-state index in [4.69, 9.17) is 4.43 Å². The van der Waals surface area contributed by atoms with Crippen LogP contribution in [-0.4, -0.2) is 32.7 Å². The average molecular weight is 396 g/mol. The highest BCUT2D eigenvalue weighted by Crippen LogP contribution is 2.38. The lowest BCUT2D eigenvalue weighted by Gasteiger charge is -2.38. The van der Waals surface area contributed by atoms with Gasteiger partial charge in [-0.05, 0) is 36.2 Å². The number of para-hydroxylation sites is 1. The summed E-state index contributed by atoms with van der Waals surface area (Å²) >= 11 is 0. The van der Waals surface area contributed by atoms with Gasteiger partial charge in [-0.15, -0.1) is 0 Å². The number of Topliss-reactive ketones (excluding diaryl/α,β-unsaturated/α-hetero) is 1. The van der Waals surface area contributed by atoms with Gasteiger partial charge < -0.3 is 4.43 Å². The van der Waals surface area contributed by atoms with E-state index in [1.54, 1.807) is 29.2 Å². The molecule has 0 bridgehead atoms. The van der Waals surface area contributed by atoms with Crippen molar-refractivity contribution >= 4 is 25.7 Å². The number of amides is 1. The van der Waals surface area contributed by atoms with Crippen molar-refractivity contribution in [3.05, 3.63) is 65.7 Å². The second-order valence-corrected chi connectivity index (χ2v) is 13.7. The Morgan fingerprint density at radius 3 is 2.29 bits per heavy atom. The van der Waals surface area contributed by atoms with Crippen molar-refractivity contribution in [3.63, 3.8) is 0 Å². The first-order chi connectivity index (χ1) is 13.1. The quantitative estimate of drug-likeness (QED) is 0.413. The SMILES string of the molecule is CC(C)(C)[Si](C)(C)OC[C@@H]1Cc2ccccc2N1C(=O)C(=O)c1ccccc1. The minimum Gasteiger partial charge on any atom is -0.415 e. The molecule has 2 aromatic carbocycles. The molecule has 0 saturated heterocycles. The van der Waals surface area contributed by atoms with E-state index in [9.17, 15) is 9.59 Å². The molecule has 1 amide bonds. The van der Waals surface area contributed by atoms with Crippen LogP contribution in [0.15, 0.2) is 54.6 Å². The Morgan fingerprint density at radius 1 is 1.04 bits per heavy atom. The molecule has 0 unspecified atom stereocenters. The van der Waals surface area contributed by atoms with Gasteiger partial charge in [-0.2, -0.15) is 0 Å². The van der Waals surface area contributed by atoms with E-state index in [0.29, 0.717) is 18.6 Å². The highest BCUT2D eigenvalue weighted by Gasteiger charge is 2.41. The van der Waals surface area contributed by atoms with Gasteiger partial charge in [-0.25, -0.2) is 0 Å². The van der Waals surface area contributed by atoms with Crippen LogP contribution >= 0.6 is 0 Å². The maximum absolute atomic E-state index is 13.2. The van der Waals surface area contributed by atoms with Crippen LogP contribution in [0.2, 0.25) is 18.1 Å². The van der Waals surface area contributed by atoms with E-state index in [-0.39, 0.29) is 11.1 Å². The number of rotatable bonds is 5. The standard InChI is InChI=1S/C23H29NO3Si/c1-23(2,3)28(4,5)27-16-19-15-18-13-9-10-14-20(18)24(19)22(26)21(25)17-11-7-6-8-12-17/h6-14,19H,15-16H2,1-5H3/t19-/m0/s1. The summed E-state index contributed by atoms with van der Waals surface area (Å²) in [6.07, 6.45) is 0.707. The number of hydrogen-bond donors (Lipinski definition) is 0. The Hall–Kier alpha value is -2.24. The fraction of sp³-hybridized carbons (Fsp3) is 0.391. The van der Waals surface area contributed by atoms with Crippen molar-refractivity contribution in [2.45, 2.75) is 51.4 Å². The van der Waals surface area contributed by atoms with Crippen LogP contribution in [0.1, 0.15) is 36.7 Å². The normalized spacial score (nSPS) is 16.8. The summed E-state index contributed by atoms with van der Waals surface area (Å²) in [7, 11) is -1.95. The predicted octanol–water partition coefficient (Wildman–Crippen LogP) is 4.85. The molecule has 0 aromatic heterocycles. The van der Waals surface area contributed by atoms with Crippen LogP contribution in [0.4, 0.5) is 5.69 Å². The molecule has 2 aromatic rings. The zero-order chi connectivity index (χ0) is 20.5. The van der Waals surface area contributed by atoms with E-state index < -0.39 is 20.0 Å². The Kier molecular flexibility index (Phi) is 5.59. The summed E-state index contributed by atoms with van der Waals surface area (Å²) in [5.74, 6) is -0.963. The van der Waals surface area contributed by atoms with Gasteiger partial charge in [-0.3, -0.25) is 14.5 Å². The number of carbonyl (C=O) groups excluding carboxylic acids is 2. The maximum atomic E-state index is 13.2. The van der Waals surface area contributed by atoms with Crippen LogP contribution < -0.4 is 4.90 Å². The third kappa shape index (κ3) is 3.96. The van der Waals surface area contributed by atoms with Crippen molar-refractivity contribution in [2.24, 2.45) is 0 Å². The lowest BCUT2D eigenvalue weighted by atomic mass is 10.1. The first kappa shape index (κ1) is 20.5.